The third kappa shape index (κ3) is 4.55. The first kappa shape index (κ1) is 23.2. The highest BCUT2D eigenvalue weighted by molar-refractivity contribution is 7.89. The summed E-state index contributed by atoms with van der Waals surface area (Å²) in [7, 11) is -3.82. The first-order valence-electron chi connectivity index (χ1n) is 11.5. The lowest BCUT2D eigenvalue weighted by molar-refractivity contribution is -0.140. The van der Waals surface area contributed by atoms with Crippen LogP contribution in [-0.2, 0) is 30.9 Å². The molecule has 0 N–H and O–H groups in total. The van der Waals surface area contributed by atoms with Gasteiger partial charge >= 0.3 is 0 Å². The van der Waals surface area contributed by atoms with Crippen molar-refractivity contribution in [1.29, 1.82) is 0 Å². The zero-order valence-electron chi connectivity index (χ0n) is 19.0. The van der Waals surface area contributed by atoms with E-state index >= 15 is 0 Å². The summed E-state index contributed by atoms with van der Waals surface area (Å²) >= 11 is 0. The Hall–Kier alpha value is -1.98. The number of aryl methyl sites for hydroxylation is 1. The van der Waals surface area contributed by atoms with Crippen LogP contribution in [0.3, 0.4) is 0 Å². The third-order valence-electron chi connectivity index (χ3n) is 6.71. The standard InChI is InChI=1S/C21H33N5O5S/c1-16-20(17(2)26(22-16)15-19(27)23-7-3-4-8-23)32(29,30)25-9-5-6-18(14-25)21(28)24-10-12-31-13-11-24/h18H,3-15H2,1-2H3/t18-/m0/s1. The number of nitrogens with zero attached hydrogens (tertiary/aromatic N) is 5. The molecular formula is C21H33N5O5S. The number of aromatic nitrogens is 2. The lowest BCUT2D eigenvalue weighted by atomic mass is 9.98. The second-order valence-electron chi connectivity index (χ2n) is 8.89. The topological polar surface area (TPSA) is 105 Å². The van der Waals surface area contributed by atoms with E-state index in [0.29, 0.717) is 57.1 Å². The van der Waals surface area contributed by atoms with E-state index < -0.39 is 10.0 Å². The van der Waals surface area contributed by atoms with Crippen molar-refractivity contribution in [2.75, 3.05) is 52.5 Å². The van der Waals surface area contributed by atoms with Crippen LogP contribution in [0.4, 0.5) is 0 Å². The second kappa shape index (κ2) is 9.48. The normalized spacial score (nSPS) is 23.0. The van der Waals surface area contributed by atoms with Crippen LogP contribution in [0.15, 0.2) is 4.90 Å². The van der Waals surface area contributed by atoms with Crippen LogP contribution in [0.2, 0.25) is 0 Å². The van der Waals surface area contributed by atoms with Gasteiger partial charge in [-0.3, -0.25) is 14.3 Å². The van der Waals surface area contributed by atoms with Crippen molar-refractivity contribution in [3.05, 3.63) is 11.4 Å². The molecule has 2 amide bonds. The number of ether oxygens (including phenoxy) is 1. The number of hydrogen-bond donors (Lipinski definition) is 0. The maximum absolute atomic E-state index is 13.6. The van der Waals surface area contributed by atoms with Gasteiger partial charge in [-0.1, -0.05) is 0 Å². The summed E-state index contributed by atoms with van der Waals surface area (Å²) in [6.45, 7) is 7.60. The zero-order valence-corrected chi connectivity index (χ0v) is 19.8. The van der Waals surface area contributed by atoms with Crippen molar-refractivity contribution in [3.8, 4) is 0 Å². The van der Waals surface area contributed by atoms with E-state index in [1.54, 1.807) is 23.6 Å². The lowest BCUT2D eigenvalue weighted by Gasteiger charge is -2.35. The molecule has 1 aromatic heterocycles. The molecule has 0 unspecified atom stereocenters. The number of piperidine rings is 1. The van der Waals surface area contributed by atoms with Crippen molar-refractivity contribution in [2.24, 2.45) is 5.92 Å². The summed E-state index contributed by atoms with van der Waals surface area (Å²) in [5.41, 5.74) is 0.857. The van der Waals surface area contributed by atoms with Gasteiger partial charge in [0, 0.05) is 39.3 Å². The molecule has 3 saturated heterocycles. The van der Waals surface area contributed by atoms with Crippen molar-refractivity contribution >= 4 is 21.8 Å². The Kier molecular flexibility index (Phi) is 6.87. The van der Waals surface area contributed by atoms with Gasteiger partial charge in [-0.15, -0.1) is 0 Å². The number of morpholine rings is 1. The average molecular weight is 468 g/mol. The molecule has 10 nitrogen and oxygen atoms in total. The molecule has 0 bridgehead atoms. The Morgan fingerprint density at radius 2 is 1.69 bits per heavy atom. The van der Waals surface area contributed by atoms with Crippen molar-refractivity contribution in [1.82, 2.24) is 23.9 Å². The van der Waals surface area contributed by atoms with Crippen LogP contribution in [0.5, 0.6) is 0 Å². The average Bonchev–Trinajstić information content (AvgIpc) is 3.42. The Balaban J connectivity index is 1.50. The first-order chi connectivity index (χ1) is 15.3. The minimum atomic E-state index is -3.82. The van der Waals surface area contributed by atoms with E-state index in [0.717, 1.165) is 25.9 Å². The largest absolute Gasteiger partial charge is 0.378 e. The predicted octanol–water partition coefficient (Wildman–Crippen LogP) is 0.382. The van der Waals surface area contributed by atoms with Gasteiger partial charge in [0.25, 0.3) is 0 Å². The minimum absolute atomic E-state index is 0.00792. The van der Waals surface area contributed by atoms with Gasteiger partial charge in [-0.05, 0) is 39.5 Å². The molecule has 11 heteroatoms. The van der Waals surface area contributed by atoms with Gasteiger partial charge in [0.15, 0.2) is 0 Å². The van der Waals surface area contributed by atoms with Crippen LogP contribution in [-0.4, -0.2) is 96.6 Å². The monoisotopic (exact) mass is 467 g/mol. The molecular weight excluding hydrogens is 434 g/mol. The van der Waals surface area contributed by atoms with Crippen LogP contribution in [0.1, 0.15) is 37.1 Å². The molecule has 0 saturated carbocycles. The zero-order chi connectivity index (χ0) is 22.9. The highest BCUT2D eigenvalue weighted by Gasteiger charge is 2.38. The van der Waals surface area contributed by atoms with Gasteiger partial charge in [-0.2, -0.15) is 9.40 Å². The Labute approximate surface area is 189 Å². The molecule has 3 aliphatic heterocycles. The van der Waals surface area contributed by atoms with Crippen molar-refractivity contribution in [3.63, 3.8) is 0 Å². The summed E-state index contributed by atoms with van der Waals surface area (Å²) in [4.78, 5) is 29.2. The minimum Gasteiger partial charge on any atom is -0.378 e. The van der Waals surface area contributed by atoms with E-state index in [1.165, 1.54) is 8.99 Å². The fraction of sp³-hybridized carbons (Fsp3) is 0.762. The lowest BCUT2D eigenvalue weighted by Crippen LogP contribution is -2.49. The molecule has 4 heterocycles. The van der Waals surface area contributed by atoms with Gasteiger partial charge in [0.1, 0.15) is 11.4 Å². The quantitative estimate of drug-likeness (QED) is 0.620. The van der Waals surface area contributed by atoms with Gasteiger partial charge < -0.3 is 14.5 Å². The number of carbonyl (C=O) groups excluding carboxylic acids is 2. The maximum atomic E-state index is 13.6. The highest BCUT2D eigenvalue weighted by Crippen LogP contribution is 2.29. The van der Waals surface area contributed by atoms with E-state index in [1.807, 2.05) is 0 Å². The molecule has 3 fully saturated rings. The van der Waals surface area contributed by atoms with Gasteiger partial charge in [-0.25, -0.2) is 8.42 Å². The molecule has 32 heavy (non-hydrogen) atoms. The first-order valence-corrected chi connectivity index (χ1v) is 12.9. The van der Waals surface area contributed by atoms with Crippen LogP contribution in [0, 0.1) is 19.8 Å². The highest BCUT2D eigenvalue weighted by atomic mass is 32.2. The second-order valence-corrected chi connectivity index (χ2v) is 10.8. The predicted molar refractivity (Wildman–Crippen MR) is 116 cm³/mol. The molecule has 0 radical (unpaired) electrons. The molecule has 4 rings (SSSR count). The SMILES string of the molecule is Cc1nn(CC(=O)N2CCCC2)c(C)c1S(=O)(=O)N1CCC[C@H](C(=O)N2CCOCC2)C1. The molecule has 0 aliphatic carbocycles. The van der Waals surface area contributed by atoms with E-state index in [4.69, 9.17) is 4.74 Å². The van der Waals surface area contributed by atoms with Gasteiger partial charge in [0.05, 0.1) is 30.5 Å². The molecule has 1 aromatic rings. The number of carbonyl (C=O) groups is 2. The molecule has 178 valence electrons. The molecule has 1 atom stereocenters. The third-order valence-corrected chi connectivity index (χ3v) is 8.83. The molecule has 0 aromatic carbocycles. The maximum Gasteiger partial charge on any atom is 0.246 e. The fourth-order valence-electron chi connectivity index (χ4n) is 4.94. The van der Waals surface area contributed by atoms with E-state index in [-0.39, 0.29) is 35.7 Å². The summed E-state index contributed by atoms with van der Waals surface area (Å²) in [6.07, 6.45) is 3.33. The number of amides is 2. The number of rotatable bonds is 5. The summed E-state index contributed by atoms with van der Waals surface area (Å²) in [6, 6.07) is 0. The van der Waals surface area contributed by atoms with E-state index in [9.17, 15) is 18.0 Å². The van der Waals surface area contributed by atoms with Gasteiger partial charge in [0.2, 0.25) is 21.8 Å². The van der Waals surface area contributed by atoms with Crippen LogP contribution >= 0.6 is 0 Å². The Bertz CT molecular complexity index is 963. The molecule has 3 aliphatic rings. The molecule has 0 spiro atoms. The Morgan fingerprint density at radius 3 is 2.38 bits per heavy atom. The summed E-state index contributed by atoms with van der Waals surface area (Å²) < 4.78 is 35.4. The van der Waals surface area contributed by atoms with E-state index in [2.05, 4.69) is 5.10 Å². The number of hydrogen-bond acceptors (Lipinski definition) is 6. The number of likely N-dealkylation sites (tertiary alicyclic amines) is 1. The summed E-state index contributed by atoms with van der Waals surface area (Å²) in [5.74, 6) is -0.372. The fourth-order valence-corrected chi connectivity index (χ4v) is 6.83. The Morgan fingerprint density at radius 1 is 1.00 bits per heavy atom. The number of sulfonamides is 1. The summed E-state index contributed by atoms with van der Waals surface area (Å²) in [5, 5.41) is 4.38. The van der Waals surface area contributed by atoms with Crippen molar-refractivity contribution < 1.29 is 22.7 Å². The van der Waals surface area contributed by atoms with Crippen molar-refractivity contribution in [2.45, 2.75) is 51.0 Å². The smallest absolute Gasteiger partial charge is 0.246 e. The van der Waals surface area contributed by atoms with Crippen LogP contribution < -0.4 is 0 Å². The van der Waals surface area contributed by atoms with Crippen LogP contribution in [0.25, 0.3) is 0 Å².